The topological polar surface area (TPSA) is 75.2 Å². The molecule has 1 aliphatic rings. The van der Waals surface area contributed by atoms with Crippen LogP contribution in [0.1, 0.15) is 23.4 Å². The Balaban J connectivity index is 1.80. The fraction of sp³-hybridized carbons (Fsp3) is 0.357. The predicted octanol–water partition coefficient (Wildman–Crippen LogP) is 0.744. The molecule has 0 spiro atoms. The number of nitrogens with one attached hydrogen (secondary N) is 1. The highest BCUT2D eigenvalue weighted by atomic mass is 32.1. The standard InChI is InChI=1S/C14H15N3O3S/c1-9-10-4-7-21-11(10)2-6-17(9)13(19)8-16-5-3-12(18)15-14(16)20/h3-5,7,9H,2,6,8H2,1H3,(H,15,18,20)/t9-/m1/s1. The predicted molar refractivity (Wildman–Crippen MR) is 79.5 cm³/mol. The van der Waals surface area contributed by atoms with Crippen LogP contribution in [0.3, 0.4) is 0 Å². The molecule has 0 saturated carbocycles. The molecule has 21 heavy (non-hydrogen) atoms. The van der Waals surface area contributed by atoms with Crippen molar-refractivity contribution < 1.29 is 4.79 Å². The summed E-state index contributed by atoms with van der Waals surface area (Å²) in [6.45, 7) is 2.60. The first-order valence-corrected chi connectivity index (χ1v) is 7.60. The SMILES string of the molecule is C[C@@H]1c2ccsc2CCN1C(=O)Cn1ccc(=O)[nH]c1=O. The minimum atomic E-state index is -0.559. The van der Waals surface area contributed by atoms with Gasteiger partial charge in [-0.3, -0.25) is 19.1 Å². The summed E-state index contributed by atoms with van der Waals surface area (Å²) in [4.78, 5) is 40.3. The van der Waals surface area contributed by atoms with Crippen LogP contribution >= 0.6 is 11.3 Å². The number of aromatic nitrogens is 2. The van der Waals surface area contributed by atoms with Crippen molar-refractivity contribution >= 4 is 17.2 Å². The number of rotatable bonds is 2. The van der Waals surface area contributed by atoms with Gasteiger partial charge in [0, 0.05) is 23.7 Å². The van der Waals surface area contributed by atoms with Crippen molar-refractivity contribution in [3.05, 3.63) is 55.0 Å². The molecule has 3 heterocycles. The van der Waals surface area contributed by atoms with E-state index in [1.165, 1.54) is 27.3 Å². The van der Waals surface area contributed by atoms with Gasteiger partial charge < -0.3 is 4.90 Å². The van der Waals surface area contributed by atoms with Crippen LogP contribution in [0.5, 0.6) is 0 Å². The zero-order valence-electron chi connectivity index (χ0n) is 11.5. The summed E-state index contributed by atoms with van der Waals surface area (Å²) in [5.74, 6) is -0.117. The molecule has 1 atom stereocenters. The summed E-state index contributed by atoms with van der Waals surface area (Å²) in [6, 6.07) is 3.31. The summed E-state index contributed by atoms with van der Waals surface area (Å²) in [5.41, 5.74) is 0.170. The average Bonchev–Trinajstić information content (AvgIpc) is 2.91. The molecule has 7 heteroatoms. The van der Waals surface area contributed by atoms with E-state index in [4.69, 9.17) is 0 Å². The minimum absolute atomic E-state index is 0.0194. The number of aromatic amines is 1. The van der Waals surface area contributed by atoms with E-state index in [1.54, 1.807) is 16.2 Å². The molecule has 0 unspecified atom stereocenters. The maximum atomic E-state index is 12.4. The molecule has 1 amide bonds. The fourth-order valence-electron chi connectivity index (χ4n) is 2.66. The van der Waals surface area contributed by atoms with E-state index < -0.39 is 11.2 Å². The van der Waals surface area contributed by atoms with Gasteiger partial charge in [-0.05, 0) is 30.4 Å². The number of nitrogens with zero attached hydrogens (tertiary/aromatic N) is 2. The Morgan fingerprint density at radius 3 is 3.00 bits per heavy atom. The second-order valence-corrected chi connectivity index (χ2v) is 6.05. The van der Waals surface area contributed by atoms with Crippen LogP contribution in [0.4, 0.5) is 0 Å². The van der Waals surface area contributed by atoms with E-state index in [-0.39, 0.29) is 18.5 Å². The van der Waals surface area contributed by atoms with Gasteiger partial charge in [-0.15, -0.1) is 11.3 Å². The first kappa shape index (κ1) is 13.8. The van der Waals surface area contributed by atoms with Gasteiger partial charge in [0.1, 0.15) is 6.54 Å². The second-order valence-electron chi connectivity index (χ2n) is 5.05. The average molecular weight is 305 g/mol. The third kappa shape index (κ3) is 2.56. The zero-order valence-corrected chi connectivity index (χ0v) is 12.4. The van der Waals surface area contributed by atoms with Crippen LogP contribution in [0.15, 0.2) is 33.3 Å². The Kier molecular flexibility index (Phi) is 3.50. The van der Waals surface area contributed by atoms with E-state index in [2.05, 4.69) is 11.1 Å². The van der Waals surface area contributed by atoms with Gasteiger partial charge in [-0.2, -0.15) is 0 Å². The highest BCUT2D eigenvalue weighted by Crippen LogP contribution is 2.32. The lowest BCUT2D eigenvalue weighted by Crippen LogP contribution is -2.42. The number of amides is 1. The van der Waals surface area contributed by atoms with Crippen molar-refractivity contribution in [3.63, 3.8) is 0 Å². The monoisotopic (exact) mass is 305 g/mol. The van der Waals surface area contributed by atoms with Crippen LogP contribution in [-0.2, 0) is 17.8 Å². The van der Waals surface area contributed by atoms with Gasteiger partial charge in [0.05, 0.1) is 6.04 Å². The van der Waals surface area contributed by atoms with E-state index in [0.29, 0.717) is 6.54 Å². The number of thiophene rings is 1. The van der Waals surface area contributed by atoms with Crippen LogP contribution in [0.2, 0.25) is 0 Å². The lowest BCUT2D eigenvalue weighted by atomic mass is 10.0. The molecule has 1 N–H and O–H groups in total. The normalized spacial score (nSPS) is 17.6. The molecule has 3 rings (SSSR count). The molecule has 2 aromatic rings. The van der Waals surface area contributed by atoms with E-state index in [9.17, 15) is 14.4 Å². The van der Waals surface area contributed by atoms with E-state index >= 15 is 0 Å². The first-order valence-electron chi connectivity index (χ1n) is 6.72. The zero-order chi connectivity index (χ0) is 15.0. The van der Waals surface area contributed by atoms with Gasteiger partial charge >= 0.3 is 5.69 Å². The molecular formula is C14H15N3O3S. The van der Waals surface area contributed by atoms with Crippen molar-refractivity contribution in [2.75, 3.05) is 6.54 Å². The molecule has 0 radical (unpaired) electrons. The highest BCUT2D eigenvalue weighted by Gasteiger charge is 2.28. The lowest BCUT2D eigenvalue weighted by Gasteiger charge is -2.33. The van der Waals surface area contributed by atoms with Crippen LogP contribution in [0.25, 0.3) is 0 Å². The van der Waals surface area contributed by atoms with Gasteiger partial charge in [0.25, 0.3) is 5.56 Å². The van der Waals surface area contributed by atoms with E-state index in [0.717, 1.165) is 6.42 Å². The Bertz CT molecular complexity index is 789. The summed E-state index contributed by atoms with van der Waals surface area (Å²) < 4.78 is 1.22. The molecule has 6 nitrogen and oxygen atoms in total. The number of hydrogen-bond donors (Lipinski definition) is 1. The molecule has 0 bridgehead atoms. The quantitative estimate of drug-likeness (QED) is 0.889. The van der Waals surface area contributed by atoms with Crippen molar-refractivity contribution in [1.29, 1.82) is 0 Å². The second kappa shape index (κ2) is 5.33. The Labute approximate surface area is 124 Å². The van der Waals surface area contributed by atoms with Gasteiger partial charge in [-0.1, -0.05) is 0 Å². The number of hydrogen-bond acceptors (Lipinski definition) is 4. The molecule has 1 aliphatic heterocycles. The van der Waals surface area contributed by atoms with Crippen LogP contribution in [0, 0.1) is 0 Å². The Morgan fingerprint density at radius 1 is 1.43 bits per heavy atom. The molecular weight excluding hydrogens is 290 g/mol. The summed E-state index contributed by atoms with van der Waals surface area (Å²) in [6.07, 6.45) is 2.20. The van der Waals surface area contributed by atoms with E-state index in [1.807, 2.05) is 12.3 Å². The third-order valence-electron chi connectivity index (χ3n) is 3.80. The summed E-state index contributed by atoms with van der Waals surface area (Å²) >= 11 is 1.72. The maximum Gasteiger partial charge on any atom is 0.328 e. The number of H-pyrrole nitrogens is 1. The number of carbonyl (C=O) groups is 1. The molecule has 2 aromatic heterocycles. The third-order valence-corrected chi connectivity index (χ3v) is 4.80. The lowest BCUT2D eigenvalue weighted by molar-refractivity contribution is -0.134. The van der Waals surface area contributed by atoms with Gasteiger partial charge in [0.15, 0.2) is 0 Å². The van der Waals surface area contributed by atoms with Crippen molar-refractivity contribution in [2.24, 2.45) is 0 Å². The Hall–Kier alpha value is -2.15. The van der Waals surface area contributed by atoms with Crippen molar-refractivity contribution in [2.45, 2.75) is 25.9 Å². The fourth-order valence-corrected chi connectivity index (χ4v) is 3.62. The van der Waals surface area contributed by atoms with Gasteiger partial charge in [0.2, 0.25) is 5.91 Å². The molecule has 110 valence electrons. The maximum absolute atomic E-state index is 12.4. The molecule has 0 saturated heterocycles. The van der Waals surface area contributed by atoms with Crippen molar-refractivity contribution in [3.8, 4) is 0 Å². The first-order chi connectivity index (χ1) is 10.1. The Morgan fingerprint density at radius 2 is 2.24 bits per heavy atom. The van der Waals surface area contributed by atoms with Crippen LogP contribution in [-0.4, -0.2) is 26.9 Å². The van der Waals surface area contributed by atoms with Crippen LogP contribution < -0.4 is 11.2 Å². The number of carbonyl (C=O) groups excluding carboxylic acids is 1. The van der Waals surface area contributed by atoms with Crippen molar-refractivity contribution in [1.82, 2.24) is 14.5 Å². The highest BCUT2D eigenvalue weighted by molar-refractivity contribution is 7.10. The summed E-state index contributed by atoms with van der Waals surface area (Å²) in [5, 5.41) is 2.04. The smallest absolute Gasteiger partial charge is 0.328 e. The molecule has 0 aromatic carbocycles. The number of fused-ring (bicyclic) bond motifs is 1. The molecule has 0 aliphatic carbocycles. The largest absolute Gasteiger partial charge is 0.334 e. The summed E-state index contributed by atoms with van der Waals surface area (Å²) in [7, 11) is 0. The molecule has 0 fully saturated rings. The minimum Gasteiger partial charge on any atom is -0.334 e. The van der Waals surface area contributed by atoms with Gasteiger partial charge in [-0.25, -0.2) is 4.79 Å².